The van der Waals surface area contributed by atoms with E-state index < -0.39 is 0 Å². The van der Waals surface area contributed by atoms with Crippen molar-refractivity contribution in [2.45, 2.75) is 58.7 Å². The van der Waals surface area contributed by atoms with Gasteiger partial charge in [-0.15, -0.1) is 21.5 Å². The van der Waals surface area contributed by atoms with Gasteiger partial charge in [-0.25, -0.2) is 0 Å². The van der Waals surface area contributed by atoms with Crippen molar-refractivity contribution in [2.24, 2.45) is 11.3 Å². The van der Waals surface area contributed by atoms with E-state index in [4.69, 9.17) is 4.74 Å². The number of nitrogens with one attached hydrogen (secondary N) is 1. The van der Waals surface area contributed by atoms with E-state index in [1.165, 1.54) is 16.6 Å². The van der Waals surface area contributed by atoms with Crippen molar-refractivity contribution >= 4 is 34.0 Å². The van der Waals surface area contributed by atoms with Crippen molar-refractivity contribution in [3.05, 3.63) is 40.3 Å². The second-order valence-corrected chi connectivity index (χ2v) is 11.8. The number of thiophene rings is 1. The Balaban J connectivity index is 1.44. The second-order valence-electron chi connectivity index (χ2n) is 9.74. The molecule has 0 aliphatic heterocycles. The number of carbonyl (C=O) groups is 1. The van der Waals surface area contributed by atoms with Crippen LogP contribution >= 0.6 is 23.1 Å². The Morgan fingerprint density at radius 3 is 2.69 bits per heavy atom. The quantitative estimate of drug-likeness (QED) is 0.405. The molecule has 0 spiro atoms. The highest BCUT2D eigenvalue weighted by atomic mass is 32.2. The van der Waals surface area contributed by atoms with Gasteiger partial charge < -0.3 is 14.6 Å². The molecule has 1 amide bonds. The molecule has 35 heavy (non-hydrogen) atoms. The summed E-state index contributed by atoms with van der Waals surface area (Å²) < 4.78 is 7.23. The van der Waals surface area contributed by atoms with Crippen molar-refractivity contribution in [3.63, 3.8) is 0 Å². The van der Waals surface area contributed by atoms with Gasteiger partial charge >= 0.3 is 0 Å². The largest absolute Gasteiger partial charge is 0.497 e. The van der Waals surface area contributed by atoms with Gasteiger partial charge in [-0.1, -0.05) is 32.5 Å². The predicted octanol–water partition coefficient (Wildman–Crippen LogP) is 5.79. The number of methoxy groups -OCH3 is 1. The number of nitrogens with zero attached hydrogens (tertiary/aromatic N) is 4. The minimum Gasteiger partial charge on any atom is -0.497 e. The molecule has 1 atom stereocenters. The van der Waals surface area contributed by atoms with Gasteiger partial charge in [0, 0.05) is 17.0 Å². The van der Waals surface area contributed by atoms with Gasteiger partial charge in [-0.05, 0) is 67.3 Å². The Labute approximate surface area is 214 Å². The van der Waals surface area contributed by atoms with Crippen LogP contribution < -0.4 is 10.1 Å². The van der Waals surface area contributed by atoms with Crippen molar-refractivity contribution < 1.29 is 9.53 Å². The summed E-state index contributed by atoms with van der Waals surface area (Å²) in [4.78, 5) is 14.1. The average molecular weight is 510 g/mol. The lowest BCUT2D eigenvalue weighted by atomic mass is 9.72. The van der Waals surface area contributed by atoms with E-state index in [9.17, 15) is 10.1 Å². The monoisotopic (exact) mass is 509 g/mol. The van der Waals surface area contributed by atoms with Gasteiger partial charge in [0.2, 0.25) is 5.91 Å². The van der Waals surface area contributed by atoms with Gasteiger partial charge in [-0.2, -0.15) is 5.26 Å². The van der Waals surface area contributed by atoms with Crippen LogP contribution in [0.2, 0.25) is 0 Å². The lowest BCUT2D eigenvalue weighted by molar-refractivity contribution is -0.113. The summed E-state index contributed by atoms with van der Waals surface area (Å²) in [7, 11) is 1.64. The number of ether oxygens (including phenoxy) is 1. The summed E-state index contributed by atoms with van der Waals surface area (Å²) in [5, 5.41) is 22.8. The lowest BCUT2D eigenvalue weighted by Gasteiger charge is -2.33. The average Bonchev–Trinajstić information content (AvgIpc) is 3.41. The molecule has 1 aliphatic carbocycles. The molecule has 2 aromatic heterocycles. The molecule has 9 heteroatoms. The molecule has 4 rings (SSSR count). The van der Waals surface area contributed by atoms with Gasteiger partial charge in [0.1, 0.15) is 16.8 Å². The van der Waals surface area contributed by atoms with Crippen LogP contribution in [0.4, 0.5) is 5.00 Å². The predicted molar refractivity (Wildman–Crippen MR) is 141 cm³/mol. The molecule has 0 bridgehead atoms. The highest BCUT2D eigenvalue weighted by molar-refractivity contribution is 7.99. The number of aromatic nitrogens is 3. The number of benzene rings is 1. The van der Waals surface area contributed by atoms with Crippen LogP contribution in [-0.4, -0.2) is 33.5 Å². The first-order valence-electron chi connectivity index (χ1n) is 11.8. The molecular weight excluding hydrogens is 478 g/mol. The summed E-state index contributed by atoms with van der Waals surface area (Å²) in [5.41, 5.74) is 2.92. The van der Waals surface area contributed by atoms with E-state index >= 15 is 0 Å². The Kier molecular flexibility index (Phi) is 7.53. The molecule has 3 aromatic rings. The fourth-order valence-electron chi connectivity index (χ4n) is 4.46. The van der Waals surface area contributed by atoms with Gasteiger partial charge in [0.15, 0.2) is 11.0 Å². The first kappa shape index (κ1) is 25.3. The van der Waals surface area contributed by atoms with E-state index in [1.54, 1.807) is 18.4 Å². The first-order chi connectivity index (χ1) is 16.7. The summed E-state index contributed by atoms with van der Waals surface area (Å²) in [6.07, 6.45) is 2.94. The zero-order valence-electron chi connectivity index (χ0n) is 20.8. The zero-order valence-corrected chi connectivity index (χ0v) is 22.5. The maximum atomic E-state index is 12.8. The molecule has 1 unspecified atom stereocenters. The highest BCUT2D eigenvalue weighted by Gasteiger charge is 2.32. The third kappa shape index (κ3) is 5.39. The van der Waals surface area contributed by atoms with Crippen LogP contribution in [0.1, 0.15) is 50.1 Å². The summed E-state index contributed by atoms with van der Waals surface area (Å²) in [6.45, 7) is 9.54. The fourth-order valence-corrected chi connectivity index (χ4v) is 6.55. The standard InChI is InChI=1S/C26H31N5O2S2/c1-6-31-23(16-7-10-18(33-5)11-8-16)29-30-25(31)34-15-22(32)28-24-20(14-27)19-12-9-17(26(2,3)4)13-21(19)35-24/h7-8,10-11,17H,6,9,12-13,15H2,1-5H3,(H,28,32). The van der Waals surface area contributed by atoms with Crippen LogP contribution in [0.5, 0.6) is 5.75 Å². The minimum absolute atomic E-state index is 0.144. The number of thioether (sulfide) groups is 1. The van der Waals surface area contributed by atoms with Crippen molar-refractivity contribution in [3.8, 4) is 23.2 Å². The number of nitriles is 1. The molecular formula is C26H31N5O2S2. The molecule has 7 nitrogen and oxygen atoms in total. The van der Waals surface area contributed by atoms with Crippen molar-refractivity contribution in [1.29, 1.82) is 5.26 Å². The number of carbonyl (C=O) groups excluding carboxylic acids is 1. The molecule has 2 heterocycles. The summed E-state index contributed by atoms with van der Waals surface area (Å²) in [5.74, 6) is 2.17. The number of rotatable bonds is 7. The lowest BCUT2D eigenvalue weighted by Crippen LogP contribution is -2.26. The normalized spacial score (nSPS) is 15.4. The van der Waals surface area contributed by atoms with E-state index in [0.717, 1.165) is 42.0 Å². The van der Waals surface area contributed by atoms with Crippen LogP contribution in [0.25, 0.3) is 11.4 Å². The third-order valence-corrected chi connectivity index (χ3v) is 8.70. The summed E-state index contributed by atoms with van der Waals surface area (Å²) >= 11 is 2.91. The maximum absolute atomic E-state index is 12.8. The van der Waals surface area contributed by atoms with Crippen LogP contribution in [0, 0.1) is 22.7 Å². The topological polar surface area (TPSA) is 92.8 Å². The molecule has 0 fully saturated rings. The van der Waals surface area contributed by atoms with E-state index in [1.807, 2.05) is 35.8 Å². The van der Waals surface area contributed by atoms with Crippen molar-refractivity contribution in [1.82, 2.24) is 14.8 Å². The molecule has 1 aliphatic rings. The first-order valence-corrected chi connectivity index (χ1v) is 13.6. The Bertz CT molecular complexity index is 1250. The Hall–Kier alpha value is -2.83. The molecule has 0 radical (unpaired) electrons. The van der Waals surface area contributed by atoms with Gasteiger partial charge in [-0.3, -0.25) is 4.79 Å². The molecule has 1 N–H and O–H groups in total. The SMILES string of the molecule is CCn1c(SCC(=O)Nc2sc3c(c2C#N)CCC(C(C)(C)C)C3)nnc1-c1ccc(OC)cc1. The van der Waals surface area contributed by atoms with Gasteiger partial charge in [0.05, 0.1) is 18.4 Å². The minimum atomic E-state index is -0.144. The van der Waals surface area contributed by atoms with E-state index in [-0.39, 0.29) is 17.1 Å². The van der Waals surface area contributed by atoms with Crippen molar-refractivity contribution in [2.75, 3.05) is 18.2 Å². The van der Waals surface area contributed by atoms with Gasteiger partial charge in [0.25, 0.3) is 0 Å². The van der Waals surface area contributed by atoms with Crippen LogP contribution in [0.3, 0.4) is 0 Å². The molecule has 0 saturated heterocycles. The molecule has 0 saturated carbocycles. The maximum Gasteiger partial charge on any atom is 0.235 e. The molecule has 184 valence electrons. The number of hydrogen-bond donors (Lipinski definition) is 1. The smallest absolute Gasteiger partial charge is 0.235 e. The van der Waals surface area contributed by atoms with E-state index in [0.29, 0.717) is 28.2 Å². The molecule has 1 aromatic carbocycles. The fraction of sp³-hybridized carbons (Fsp3) is 0.462. The number of fused-ring (bicyclic) bond motifs is 1. The summed E-state index contributed by atoms with van der Waals surface area (Å²) in [6, 6.07) is 10.0. The van der Waals surface area contributed by atoms with Crippen LogP contribution in [0.15, 0.2) is 29.4 Å². The number of anilines is 1. The van der Waals surface area contributed by atoms with Crippen LogP contribution in [-0.2, 0) is 24.2 Å². The second kappa shape index (κ2) is 10.4. The Morgan fingerprint density at radius 1 is 1.31 bits per heavy atom. The number of amides is 1. The Morgan fingerprint density at radius 2 is 2.06 bits per heavy atom. The third-order valence-electron chi connectivity index (χ3n) is 6.57. The highest BCUT2D eigenvalue weighted by Crippen LogP contribution is 2.44. The number of hydrogen-bond acceptors (Lipinski definition) is 7. The zero-order chi connectivity index (χ0) is 25.2. The van der Waals surface area contributed by atoms with E-state index in [2.05, 4.69) is 42.4 Å².